The average molecular weight is 297 g/mol. The molecule has 2 N–H and O–H groups in total. The quantitative estimate of drug-likeness (QED) is 0.888. The first-order valence-corrected chi connectivity index (χ1v) is 6.13. The summed E-state index contributed by atoms with van der Waals surface area (Å²) in [4.78, 5) is 0. The molecule has 0 aliphatic carbocycles. The fraction of sp³-hybridized carbons (Fsp3) is 0.273. The zero-order chi connectivity index (χ0) is 12.1. The van der Waals surface area contributed by atoms with Crippen LogP contribution >= 0.6 is 15.9 Å². The highest BCUT2D eigenvalue weighted by Gasteiger charge is 2.05. The molecule has 1 aromatic carbocycles. The predicted molar refractivity (Wildman–Crippen MR) is 69.1 cm³/mol. The van der Waals surface area contributed by atoms with Crippen LogP contribution in [0, 0.1) is 0 Å². The number of anilines is 2. The highest BCUT2D eigenvalue weighted by Crippen LogP contribution is 2.19. The molecule has 2 aromatic rings. The van der Waals surface area contributed by atoms with Gasteiger partial charge in [-0.3, -0.25) is 0 Å². The lowest BCUT2D eigenvalue weighted by molar-refractivity contribution is 0.484. The Kier molecular flexibility index (Phi) is 4.11. The molecular weight excluding hydrogens is 284 g/mol. The molecular formula is C11H13BrN4O. The van der Waals surface area contributed by atoms with Crippen LogP contribution in [0.1, 0.15) is 12.8 Å². The van der Waals surface area contributed by atoms with Gasteiger partial charge >= 0.3 is 6.01 Å². The third kappa shape index (κ3) is 3.54. The summed E-state index contributed by atoms with van der Waals surface area (Å²) in [5.74, 6) is 0.573. The van der Waals surface area contributed by atoms with E-state index in [1.807, 2.05) is 31.2 Å². The minimum absolute atomic E-state index is 0.399. The first-order chi connectivity index (χ1) is 8.28. The van der Waals surface area contributed by atoms with Gasteiger partial charge in [0.15, 0.2) is 0 Å². The monoisotopic (exact) mass is 296 g/mol. The lowest BCUT2D eigenvalue weighted by Gasteiger charge is -2.00. The van der Waals surface area contributed by atoms with E-state index in [1.165, 1.54) is 0 Å². The molecule has 17 heavy (non-hydrogen) atoms. The van der Waals surface area contributed by atoms with Crippen LogP contribution in [0.2, 0.25) is 0 Å². The first kappa shape index (κ1) is 12.1. The fourth-order valence-electron chi connectivity index (χ4n) is 1.30. The van der Waals surface area contributed by atoms with Crippen LogP contribution in [0.5, 0.6) is 0 Å². The summed E-state index contributed by atoms with van der Waals surface area (Å²) < 4.78 is 6.41. The van der Waals surface area contributed by atoms with Crippen molar-refractivity contribution in [2.45, 2.75) is 13.5 Å². The second-order valence-corrected chi connectivity index (χ2v) is 4.33. The Balaban J connectivity index is 2.01. The zero-order valence-corrected chi connectivity index (χ0v) is 11.0. The van der Waals surface area contributed by atoms with Gasteiger partial charge in [-0.25, -0.2) is 0 Å². The van der Waals surface area contributed by atoms with Crippen LogP contribution in [0.25, 0.3) is 0 Å². The summed E-state index contributed by atoms with van der Waals surface area (Å²) >= 11 is 3.40. The van der Waals surface area contributed by atoms with Crippen LogP contribution in [-0.4, -0.2) is 16.7 Å². The third-order valence-corrected chi connectivity index (χ3v) is 2.56. The average Bonchev–Trinajstić information content (AvgIpc) is 2.74. The molecule has 2 rings (SSSR count). The molecule has 1 heterocycles. The van der Waals surface area contributed by atoms with E-state index in [-0.39, 0.29) is 0 Å². The standard InChI is InChI=1S/C11H13BrN4O/c1-2-13-7-10-15-16-11(17-10)14-9-5-3-4-8(12)6-9/h3-6,13H,2,7H2,1H3,(H,14,16). The number of halogens is 1. The Labute approximate surface area is 108 Å². The normalized spacial score (nSPS) is 10.5. The Bertz CT molecular complexity index is 486. The van der Waals surface area contributed by atoms with Gasteiger partial charge in [-0.2, -0.15) is 0 Å². The highest BCUT2D eigenvalue weighted by molar-refractivity contribution is 9.10. The maximum atomic E-state index is 5.42. The lowest BCUT2D eigenvalue weighted by atomic mass is 10.3. The van der Waals surface area contributed by atoms with Crippen molar-refractivity contribution in [3.05, 3.63) is 34.6 Å². The summed E-state index contributed by atoms with van der Waals surface area (Å²) in [5, 5.41) is 14.0. The highest BCUT2D eigenvalue weighted by atomic mass is 79.9. The number of hydrogen-bond acceptors (Lipinski definition) is 5. The molecule has 6 heteroatoms. The third-order valence-electron chi connectivity index (χ3n) is 2.07. The van der Waals surface area contributed by atoms with Crippen LogP contribution < -0.4 is 10.6 Å². The minimum atomic E-state index is 0.399. The van der Waals surface area contributed by atoms with Gasteiger partial charge in [0, 0.05) is 10.2 Å². The predicted octanol–water partition coefficient (Wildman–Crippen LogP) is 2.69. The molecule has 1 aromatic heterocycles. The number of aromatic nitrogens is 2. The van der Waals surface area contributed by atoms with E-state index in [0.29, 0.717) is 18.5 Å². The molecule has 0 radical (unpaired) electrons. The van der Waals surface area contributed by atoms with E-state index in [4.69, 9.17) is 4.42 Å². The van der Waals surface area contributed by atoms with Crippen molar-refractivity contribution in [3.8, 4) is 0 Å². The zero-order valence-electron chi connectivity index (χ0n) is 9.40. The van der Waals surface area contributed by atoms with Crippen molar-refractivity contribution < 1.29 is 4.42 Å². The van der Waals surface area contributed by atoms with Crippen molar-refractivity contribution in [1.82, 2.24) is 15.5 Å². The molecule has 90 valence electrons. The number of benzene rings is 1. The van der Waals surface area contributed by atoms with Gasteiger partial charge in [-0.15, -0.1) is 5.10 Å². The Morgan fingerprint density at radius 1 is 1.35 bits per heavy atom. The molecule has 0 saturated heterocycles. The van der Waals surface area contributed by atoms with Gasteiger partial charge in [0.2, 0.25) is 5.89 Å². The summed E-state index contributed by atoms with van der Waals surface area (Å²) in [6, 6.07) is 8.15. The number of hydrogen-bond donors (Lipinski definition) is 2. The van der Waals surface area contributed by atoms with Gasteiger partial charge in [0.25, 0.3) is 0 Å². The molecule has 0 atom stereocenters. The molecule has 0 amide bonds. The summed E-state index contributed by atoms with van der Waals surface area (Å²) in [5.41, 5.74) is 0.901. The molecule has 0 spiro atoms. The maximum absolute atomic E-state index is 5.42. The van der Waals surface area contributed by atoms with Crippen LogP contribution in [0.3, 0.4) is 0 Å². The molecule has 0 unspecified atom stereocenters. The first-order valence-electron chi connectivity index (χ1n) is 5.33. The molecule has 5 nitrogen and oxygen atoms in total. The molecule has 0 fully saturated rings. The molecule has 0 saturated carbocycles. The Morgan fingerprint density at radius 2 is 2.24 bits per heavy atom. The van der Waals surface area contributed by atoms with Crippen LogP contribution in [0.15, 0.2) is 33.2 Å². The van der Waals surface area contributed by atoms with Crippen LogP contribution in [0.4, 0.5) is 11.7 Å². The summed E-state index contributed by atoms with van der Waals surface area (Å²) in [6.45, 7) is 3.48. The lowest BCUT2D eigenvalue weighted by Crippen LogP contribution is -2.11. The van der Waals surface area contributed by atoms with Crippen molar-refractivity contribution in [1.29, 1.82) is 0 Å². The molecule has 0 bridgehead atoms. The van der Waals surface area contributed by atoms with E-state index in [9.17, 15) is 0 Å². The van der Waals surface area contributed by atoms with Crippen LogP contribution in [-0.2, 0) is 6.54 Å². The Hall–Kier alpha value is -1.40. The van der Waals surface area contributed by atoms with Gasteiger partial charge < -0.3 is 15.1 Å². The van der Waals surface area contributed by atoms with E-state index in [2.05, 4.69) is 36.8 Å². The number of nitrogens with zero attached hydrogens (tertiary/aromatic N) is 2. The fourth-order valence-corrected chi connectivity index (χ4v) is 1.70. The second-order valence-electron chi connectivity index (χ2n) is 3.42. The SMILES string of the molecule is CCNCc1nnc(Nc2cccc(Br)c2)o1. The van der Waals surface area contributed by atoms with Crippen molar-refractivity contribution in [3.63, 3.8) is 0 Å². The van der Waals surface area contributed by atoms with Crippen molar-refractivity contribution in [2.24, 2.45) is 0 Å². The van der Waals surface area contributed by atoms with E-state index < -0.39 is 0 Å². The Morgan fingerprint density at radius 3 is 3.00 bits per heavy atom. The van der Waals surface area contributed by atoms with E-state index in [0.717, 1.165) is 16.7 Å². The largest absolute Gasteiger partial charge is 0.406 e. The summed E-state index contributed by atoms with van der Waals surface area (Å²) in [6.07, 6.45) is 0. The van der Waals surface area contributed by atoms with Crippen molar-refractivity contribution in [2.75, 3.05) is 11.9 Å². The molecule has 0 aliphatic rings. The van der Waals surface area contributed by atoms with E-state index >= 15 is 0 Å². The van der Waals surface area contributed by atoms with Gasteiger partial charge in [0.05, 0.1) is 6.54 Å². The van der Waals surface area contributed by atoms with E-state index in [1.54, 1.807) is 0 Å². The topological polar surface area (TPSA) is 63.0 Å². The smallest absolute Gasteiger partial charge is 0.320 e. The van der Waals surface area contributed by atoms with Gasteiger partial charge in [-0.1, -0.05) is 34.0 Å². The number of nitrogens with one attached hydrogen (secondary N) is 2. The van der Waals surface area contributed by atoms with Crippen molar-refractivity contribution >= 4 is 27.6 Å². The number of rotatable bonds is 5. The second kappa shape index (κ2) is 5.79. The summed E-state index contributed by atoms with van der Waals surface area (Å²) in [7, 11) is 0. The molecule has 0 aliphatic heterocycles. The maximum Gasteiger partial charge on any atom is 0.320 e. The van der Waals surface area contributed by atoms with Gasteiger partial charge in [-0.05, 0) is 24.7 Å². The van der Waals surface area contributed by atoms with Gasteiger partial charge in [0.1, 0.15) is 0 Å². The minimum Gasteiger partial charge on any atom is -0.406 e.